The van der Waals surface area contributed by atoms with Crippen molar-refractivity contribution in [2.24, 2.45) is 0 Å². The van der Waals surface area contributed by atoms with E-state index in [1.54, 1.807) is 13.1 Å². The van der Waals surface area contributed by atoms with E-state index in [1.165, 1.54) is 12.1 Å². The van der Waals surface area contributed by atoms with E-state index in [0.717, 1.165) is 0 Å². The van der Waals surface area contributed by atoms with Gasteiger partial charge >= 0.3 is 0 Å². The van der Waals surface area contributed by atoms with E-state index in [-0.39, 0.29) is 5.82 Å². The fourth-order valence-corrected chi connectivity index (χ4v) is 1.01. The first-order valence-electron chi connectivity index (χ1n) is 3.53. The van der Waals surface area contributed by atoms with Crippen molar-refractivity contribution in [2.75, 3.05) is 12.4 Å². The molecule has 0 amide bonds. The van der Waals surface area contributed by atoms with Crippen molar-refractivity contribution < 1.29 is 8.81 Å². The van der Waals surface area contributed by atoms with Gasteiger partial charge in [-0.1, -0.05) is 0 Å². The zero-order valence-corrected chi connectivity index (χ0v) is 6.47. The molecule has 1 N–H and O–H groups in total. The lowest BCUT2D eigenvalue weighted by Crippen LogP contribution is -1.85. The van der Waals surface area contributed by atoms with E-state index >= 15 is 0 Å². The molecule has 12 heavy (non-hydrogen) atoms. The molecule has 3 nitrogen and oxygen atoms in total. The molecule has 0 saturated carbocycles. The SMILES string of the molecule is CNc1nc2ccc(F)cc2o1. The van der Waals surface area contributed by atoms with Crippen LogP contribution >= 0.6 is 0 Å². The van der Waals surface area contributed by atoms with E-state index in [4.69, 9.17) is 4.42 Å². The van der Waals surface area contributed by atoms with Gasteiger partial charge in [0.1, 0.15) is 11.3 Å². The van der Waals surface area contributed by atoms with E-state index in [9.17, 15) is 4.39 Å². The molecule has 0 spiro atoms. The third kappa shape index (κ3) is 1.01. The number of rotatable bonds is 1. The van der Waals surface area contributed by atoms with Crippen LogP contribution in [0.25, 0.3) is 11.1 Å². The summed E-state index contributed by atoms with van der Waals surface area (Å²) in [7, 11) is 1.70. The fourth-order valence-electron chi connectivity index (χ4n) is 1.01. The average Bonchev–Trinajstić information content (AvgIpc) is 2.46. The molecule has 62 valence electrons. The van der Waals surface area contributed by atoms with Gasteiger partial charge in [-0.3, -0.25) is 0 Å². The zero-order valence-electron chi connectivity index (χ0n) is 6.47. The topological polar surface area (TPSA) is 38.1 Å². The Morgan fingerprint density at radius 2 is 2.33 bits per heavy atom. The predicted octanol–water partition coefficient (Wildman–Crippen LogP) is 2.01. The van der Waals surface area contributed by atoms with Crippen molar-refractivity contribution in [3.8, 4) is 0 Å². The van der Waals surface area contributed by atoms with Gasteiger partial charge in [0.15, 0.2) is 5.58 Å². The van der Waals surface area contributed by atoms with Crippen molar-refractivity contribution in [1.29, 1.82) is 0 Å². The highest BCUT2D eigenvalue weighted by Gasteiger charge is 2.03. The average molecular weight is 166 g/mol. The minimum absolute atomic E-state index is 0.318. The van der Waals surface area contributed by atoms with E-state index in [1.807, 2.05) is 0 Å². The monoisotopic (exact) mass is 166 g/mol. The second-order valence-corrected chi connectivity index (χ2v) is 2.38. The Morgan fingerprint density at radius 1 is 1.50 bits per heavy atom. The number of oxazole rings is 1. The lowest BCUT2D eigenvalue weighted by Gasteiger charge is -1.85. The van der Waals surface area contributed by atoms with Crippen molar-refractivity contribution in [2.45, 2.75) is 0 Å². The maximum Gasteiger partial charge on any atom is 0.295 e. The fraction of sp³-hybridized carbons (Fsp3) is 0.125. The normalized spacial score (nSPS) is 10.5. The van der Waals surface area contributed by atoms with Crippen LogP contribution < -0.4 is 5.32 Å². The Morgan fingerprint density at radius 3 is 3.08 bits per heavy atom. The minimum Gasteiger partial charge on any atom is -0.423 e. The first-order valence-corrected chi connectivity index (χ1v) is 3.53. The molecule has 1 heterocycles. The number of aromatic nitrogens is 1. The first kappa shape index (κ1) is 7.09. The van der Waals surface area contributed by atoms with Gasteiger partial charge in [0.25, 0.3) is 6.01 Å². The van der Waals surface area contributed by atoms with Gasteiger partial charge in [0.2, 0.25) is 0 Å². The van der Waals surface area contributed by atoms with Crippen LogP contribution in [0.4, 0.5) is 10.4 Å². The maximum absolute atomic E-state index is 12.6. The number of nitrogens with one attached hydrogen (secondary N) is 1. The maximum atomic E-state index is 12.6. The quantitative estimate of drug-likeness (QED) is 0.704. The van der Waals surface area contributed by atoms with Crippen LogP contribution in [0.5, 0.6) is 0 Å². The molecule has 1 aromatic carbocycles. The summed E-state index contributed by atoms with van der Waals surface area (Å²) in [6, 6.07) is 4.64. The van der Waals surface area contributed by atoms with Gasteiger partial charge < -0.3 is 9.73 Å². The molecular weight excluding hydrogens is 159 g/mol. The van der Waals surface area contributed by atoms with Gasteiger partial charge in [-0.05, 0) is 12.1 Å². The molecule has 0 aliphatic rings. The number of benzene rings is 1. The molecule has 0 saturated heterocycles. The summed E-state index contributed by atoms with van der Waals surface area (Å²) in [5, 5.41) is 2.74. The van der Waals surface area contributed by atoms with Crippen LogP contribution in [-0.4, -0.2) is 12.0 Å². The van der Waals surface area contributed by atoms with Crippen LogP contribution in [0.1, 0.15) is 0 Å². The van der Waals surface area contributed by atoms with Gasteiger partial charge in [-0.25, -0.2) is 4.39 Å². The molecule has 0 aliphatic carbocycles. The number of hydrogen-bond donors (Lipinski definition) is 1. The Labute approximate surface area is 68.2 Å². The molecule has 2 rings (SSSR count). The Balaban J connectivity index is 2.67. The standard InChI is InChI=1S/C8H7FN2O/c1-10-8-11-6-3-2-5(9)4-7(6)12-8/h2-4H,1H3,(H,10,11). The summed E-state index contributed by atoms with van der Waals surface area (Å²) in [4.78, 5) is 4.03. The van der Waals surface area contributed by atoms with E-state index in [0.29, 0.717) is 17.1 Å². The molecule has 0 aliphatic heterocycles. The summed E-state index contributed by atoms with van der Waals surface area (Å²) in [5.41, 5.74) is 1.11. The van der Waals surface area contributed by atoms with Gasteiger partial charge in [0, 0.05) is 13.1 Å². The van der Waals surface area contributed by atoms with Crippen LogP contribution in [0.15, 0.2) is 22.6 Å². The molecule has 0 radical (unpaired) electrons. The molecule has 0 atom stereocenters. The lowest BCUT2D eigenvalue weighted by atomic mass is 10.3. The van der Waals surface area contributed by atoms with Crippen LogP contribution in [0.3, 0.4) is 0 Å². The van der Waals surface area contributed by atoms with Crippen LogP contribution in [0.2, 0.25) is 0 Å². The second-order valence-electron chi connectivity index (χ2n) is 2.38. The largest absolute Gasteiger partial charge is 0.423 e. The minimum atomic E-state index is -0.318. The zero-order chi connectivity index (χ0) is 8.55. The van der Waals surface area contributed by atoms with E-state index < -0.39 is 0 Å². The van der Waals surface area contributed by atoms with Crippen molar-refractivity contribution >= 4 is 17.1 Å². The van der Waals surface area contributed by atoms with Crippen LogP contribution in [-0.2, 0) is 0 Å². The second kappa shape index (κ2) is 2.48. The van der Waals surface area contributed by atoms with Crippen molar-refractivity contribution in [1.82, 2.24) is 4.98 Å². The van der Waals surface area contributed by atoms with E-state index in [2.05, 4.69) is 10.3 Å². The Bertz CT molecular complexity index is 410. The summed E-state index contributed by atoms with van der Waals surface area (Å²) < 4.78 is 17.8. The highest BCUT2D eigenvalue weighted by molar-refractivity contribution is 5.74. The molecule has 4 heteroatoms. The Hall–Kier alpha value is -1.58. The van der Waals surface area contributed by atoms with Gasteiger partial charge in [-0.15, -0.1) is 0 Å². The number of hydrogen-bond acceptors (Lipinski definition) is 3. The molecular formula is C8H7FN2O. The molecule has 0 bridgehead atoms. The van der Waals surface area contributed by atoms with Gasteiger partial charge in [-0.2, -0.15) is 4.98 Å². The first-order chi connectivity index (χ1) is 5.79. The summed E-state index contributed by atoms with van der Waals surface area (Å²) in [6.07, 6.45) is 0. The number of fused-ring (bicyclic) bond motifs is 1. The predicted molar refractivity (Wildman–Crippen MR) is 43.5 cm³/mol. The summed E-state index contributed by atoms with van der Waals surface area (Å²) >= 11 is 0. The summed E-state index contributed by atoms with van der Waals surface area (Å²) in [6.45, 7) is 0. The molecule has 1 aromatic heterocycles. The smallest absolute Gasteiger partial charge is 0.295 e. The lowest BCUT2D eigenvalue weighted by molar-refractivity contribution is 0.603. The summed E-state index contributed by atoms with van der Waals surface area (Å²) in [5.74, 6) is -0.318. The molecule has 0 unspecified atom stereocenters. The van der Waals surface area contributed by atoms with Crippen LogP contribution in [0, 0.1) is 5.82 Å². The highest BCUT2D eigenvalue weighted by Crippen LogP contribution is 2.18. The highest BCUT2D eigenvalue weighted by atomic mass is 19.1. The third-order valence-corrected chi connectivity index (χ3v) is 1.56. The molecule has 0 fully saturated rings. The van der Waals surface area contributed by atoms with Crippen molar-refractivity contribution in [3.05, 3.63) is 24.0 Å². The third-order valence-electron chi connectivity index (χ3n) is 1.56. The number of halogens is 1. The van der Waals surface area contributed by atoms with Crippen molar-refractivity contribution in [3.63, 3.8) is 0 Å². The number of nitrogens with zero attached hydrogens (tertiary/aromatic N) is 1. The number of anilines is 1. The molecule has 2 aromatic rings. The Kier molecular flexibility index (Phi) is 1.46. The van der Waals surface area contributed by atoms with Gasteiger partial charge in [0.05, 0.1) is 0 Å².